The minimum absolute atomic E-state index is 0.170. The van der Waals surface area contributed by atoms with Crippen LogP contribution in [0.2, 0.25) is 0 Å². The van der Waals surface area contributed by atoms with Crippen molar-refractivity contribution in [3.8, 4) is 0 Å². The van der Waals surface area contributed by atoms with Crippen molar-refractivity contribution in [2.75, 3.05) is 6.54 Å². The molecule has 0 aliphatic heterocycles. The molecule has 2 amide bonds. The minimum atomic E-state index is -0.723. The van der Waals surface area contributed by atoms with Crippen LogP contribution in [-0.2, 0) is 6.42 Å². The molecule has 2 rings (SSSR count). The molecule has 0 aliphatic carbocycles. The number of pyridine rings is 1. The van der Waals surface area contributed by atoms with Gasteiger partial charge in [-0.2, -0.15) is 0 Å². The van der Waals surface area contributed by atoms with E-state index in [-0.39, 0.29) is 12.1 Å². The third-order valence-corrected chi connectivity index (χ3v) is 3.50. The SMILES string of the molecule is Cc1ccc(CCNC(=O)N[C@H](C)C[C@@H](O)c2ccco2)cn1. The lowest BCUT2D eigenvalue weighted by molar-refractivity contribution is 0.129. The van der Waals surface area contributed by atoms with E-state index in [0.717, 1.165) is 17.7 Å². The summed E-state index contributed by atoms with van der Waals surface area (Å²) in [5.74, 6) is 0.505. The lowest BCUT2D eigenvalue weighted by Gasteiger charge is -2.17. The fourth-order valence-corrected chi connectivity index (χ4v) is 2.23. The van der Waals surface area contributed by atoms with Crippen molar-refractivity contribution in [1.29, 1.82) is 0 Å². The number of carbonyl (C=O) groups excluding carboxylic acids is 1. The summed E-state index contributed by atoms with van der Waals surface area (Å²) in [6.45, 7) is 4.31. The highest BCUT2D eigenvalue weighted by atomic mass is 16.4. The van der Waals surface area contributed by atoms with E-state index in [1.54, 1.807) is 12.1 Å². The topological polar surface area (TPSA) is 87.4 Å². The van der Waals surface area contributed by atoms with Crippen LogP contribution in [0, 0.1) is 6.92 Å². The molecule has 2 heterocycles. The molecule has 0 aromatic carbocycles. The van der Waals surface area contributed by atoms with Gasteiger partial charge in [0, 0.05) is 30.9 Å². The number of aromatic nitrogens is 1. The Morgan fingerprint density at radius 1 is 1.39 bits per heavy atom. The molecule has 6 nitrogen and oxygen atoms in total. The monoisotopic (exact) mass is 317 g/mol. The van der Waals surface area contributed by atoms with Crippen LogP contribution in [0.15, 0.2) is 41.1 Å². The van der Waals surface area contributed by atoms with Gasteiger partial charge in [0.2, 0.25) is 0 Å². The Labute approximate surface area is 135 Å². The second kappa shape index (κ2) is 8.33. The molecular formula is C17H23N3O3. The van der Waals surface area contributed by atoms with Crippen molar-refractivity contribution in [2.45, 2.75) is 38.8 Å². The van der Waals surface area contributed by atoms with Crippen molar-refractivity contribution in [3.63, 3.8) is 0 Å². The number of carbonyl (C=O) groups is 1. The van der Waals surface area contributed by atoms with Gasteiger partial charge >= 0.3 is 6.03 Å². The predicted octanol–water partition coefficient (Wildman–Crippen LogP) is 2.34. The molecule has 23 heavy (non-hydrogen) atoms. The number of nitrogens with zero attached hydrogens (tertiary/aromatic N) is 1. The van der Waals surface area contributed by atoms with Crippen LogP contribution >= 0.6 is 0 Å². The van der Waals surface area contributed by atoms with Crippen molar-refractivity contribution < 1.29 is 14.3 Å². The van der Waals surface area contributed by atoms with Gasteiger partial charge in [0.1, 0.15) is 11.9 Å². The number of amides is 2. The van der Waals surface area contributed by atoms with Gasteiger partial charge < -0.3 is 20.2 Å². The first kappa shape index (κ1) is 17.0. The summed E-state index contributed by atoms with van der Waals surface area (Å²) < 4.78 is 5.14. The Morgan fingerprint density at radius 2 is 2.22 bits per heavy atom. The number of furan rings is 1. The smallest absolute Gasteiger partial charge is 0.315 e. The summed E-state index contributed by atoms with van der Waals surface area (Å²) in [7, 11) is 0. The first-order valence-corrected chi connectivity index (χ1v) is 7.72. The third-order valence-electron chi connectivity index (χ3n) is 3.50. The molecule has 0 saturated heterocycles. The number of rotatable bonds is 7. The molecule has 124 valence electrons. The summed E-state index contributed by atoms with van der Waals surface area (Å²) in [6.07, 6.45) is 3.73. The fraction of sp³-hybridized carbons (Fsp3) is 0.412. The third kappa shape index (κ3) is 5.75. The maximum absolute atomic E-state index is 11.8. The van der Waals surface area contributed by atoms with E-state index < -0.39 is 6.10 Å². The summed E-state index contributed by atoms with van der Waals surface area (Å²) in [5.41, 5.74) is 2.06. The Hall–Kier alpha value is -2.34. The number of hydrogen-bond donors (Lipinski definition) is 3. The van der Waals surface area contributed by atoms with Crippen LogP contribution in [0.3, 0.4) is 0 Å². The van der Waals surface area contributed by atoms with E-state index in [9.17, 15) is 9.90 Å². The van der Waals surface area contributed by atoms with Gasteiger partial charge in [0.15, 0.2) is 0 Å². The van der Waals surface area contributed by atoms with E-state index in [0.29, 0.717) is 18.7 Å². The highest BCUT2D eigenvalue weighted by molar-refractivity contribution is 5.74. The van der Waals surface area contributed by atoms with Crippen LogP contribution in [0.25, 0.3) is 0 Å². The molecule has 0 fully saturated rings. The zero-order chi connectivity index (χ0) is 16.7. The normalized spacial score (nSPS) is 13.3. The Morgan fingerprint density at radius 3 is 2.87 bits per heavy atom. The number of nitrogens with one attached hydrogen (secondary N) is 2. The molecule has 0 spiro atoms. The summed E-state index contributed by atoms with van der Waals surface area (Å²) in [6, 6.07) is 6.98. The minimum Gasteiger partial charge on any atom is -0.467 e. The van der Waals surface area contributed by atoms with Gasteiger partial charge in [-0.25, -0.2) is 4.79 Å². The molecule has 6 heteroatoms. The second-order valence-corrected chi connectivity index (χ2v) is 5.63. The zero-order valence-electron chi connectivity index (χ0n) is 13.5. The quantitative estimate of drug-likeness (QED) is 0.731. The predicted molar refractivity (Wildman–Crippen MR) is 87.0 cm³/mol. The summed E-state index contributed by atoms with van der Waals surface area (Å²) in [5, 5.41) is 15.6. The molecule has 0 saturated carbocycles. The molecule has 2 atom stereocenters. The Balaban J connectivity index is 1.66. The Bertz CT molecular complexity index is 596. The van der Waals surface area contributed by atoms with Crippen LogP contribution in [-0.4, -0.2) is 28.7 Å². The average molecular weight is 317 g/mol. The van der Waals surface area contributed by atoms with Crippen LogP contribution in [0.4, 0.5) is 4.79 Å². The fourth-order valence-electron chi connectivity index (χ4n) is 2.23. The summed E-state index contributed by atoms with van der Waals surface area (Å²) in [4.78, 5) is 16.0. The van der Waals surface area contributed by atoms with E-state index in [1.165, 1.54) is 6.26 Å². The highest BCUT2D eigenvalue weighted by Crippen LogP contribution is 2.18. The standard InChI is InChI=1S/C17H23N3O3/c1-12-5-6-14(11-19-12)7-8-18-17(22)20-13(2)10-15(21)16-4-3-9-23-16/h3-6,9,11,13,15,21H,7-8,10H2,1-2H3,(H2,18,20,22)/t13-,15-/m1/s1. The average Bonchev–Trinajstić information content (AvgIpc) is 3.03. The number of aliphatic hydroxyl groups is 1. The molecule has 2 aromatic rings. The van der Waals surface area contributed by atoms with Gasteiger partial charge in [-0.3, -0.25) is 4.98 Å². The van der Waals surface area contributed by atoms with Crippen molar-refractivity contribution in [2.24, 2.45) is 0 Å². The van der Waals surface area contributed by atoms with Gasteiger partial charge in [0.05, 0.1) is 6.26 Å². The van der Waals surface area contributed by atoms with Crippen molar-refractivity contribution in [1.82, 2.24) is 15.6 Å². The van der Waals surface area contributed by atoms with Crippen LogP contribution < -0.4 is 10.6 Å². The largest absolute Gasteiger partial charge is 0.467 e. The summed E-state index contributed by atoms with van der Waals surface area (Å²) >= 11 is 0. The maximum Gasteiger partial charge on any atom is 0.315 e. The van der Waals surface area contributed by atoms with E-state index >= 15 is 0 Å². The van der Waals surface area contributed by atoms with Crippen LogP contribution in [0.5, 0.6) is 0 Å². The van der Waals surface area contributed by atoms with Gasteiger partial charge in [-0.05, 0) is 44.0 Å². The lowest BCUT2D eigenvalue weighted by atomic mass is 10.1. The lowest BCUT2D eigenvalue weighted by Crippen LogP contribution is -2.42. The zero-order valence-corrected chi connectivity index (χ0v) is 13.5. The maximum atomic E-state index is 11.8. The molecule has 0 unspecified atom stereocenters. The van der Waals surface area contributed by atoms with Crippen molar-refractivity contribution >= 4 is 6.03 Å². The molecule has 0 radical (unpaired) electrons. The highest BCUT2D eigenvalue weighted by Gasteiger charge is 2.16. The number of aryl methyl sites for hydroxylation is 1. The molecule has 2 aromatic heterocycles. The van der Waals surface area contributed by atoms with Crippen LogP contribution in [0.1, 0.15) is 36.5 Å². The van der Waals surface area contributed by atoms with Gasteiger partial charge in [-0.15, -0.1) is 0 Å². The molecule has 0 aliphatic rings. The molecular weight excluding hydrogens is 294 g/mol. The van der Waals surface area contributed by atoms with E-state index in [2.05, 4.69) is 15.6 Å². The first-order valence-electron chi connectivity index (χ1n) is 7.72. The van der Waals surface area contributed by atoms with E-state index in [1.807, 2.05) is 32.2 Å². The molecule has 3 N–H and O–H groups in total. The number of urea groups is 1. The Kier molecular flexibility index (Phi) is 6.17. The van der Waals surface area contributed by atoms with E-state index in [4.69, 9.17) is 4.42 Å². The number of aliphatic hydroxyl groups excluding tert-OH is 1. The number of hydrogen-bond acceptors (Lipinski definition) is 4. The molecule has 0 bridgehead atoms. The van der Waals surface area contributed by atoms with Gasteiger partial charge in [-0.1, -0.05) is 6.07 Å². The van der Waals surface area contributed by atoms with Gasteiger partial charge in [0.25, 0.3) is 0 Å². The second-order valence-electron chi connectivity index (χ2n) is 5.63. The van der Waals surface area contributed by atoms with Crippen molar-refractivity contribution in [3.05, 3.63) is 53.7 Å². The first-order chi connectivity index (χ1) is 11.0.